The summed E-state index contributed by atoms with van der Waals surface area (Å²) in [7, 11) is 0. The van der Waals surface area contributed by atoms with Crippen LogP contribution in [0.15, 0.2) is 35.4 Å². The number of carbonyl (C=O) groups is 2. The summed E-state index contributed by atoms with van der Waals surface area (Å²) in [5.41, 5.74) is 3.23. The summed E-state index contributed by atoms with van der Waals surface area (Å²) in [6.07, 6.45) is 0.920. The number of hydrogen-bond donors (Lipinski definition) is 0. The largest absolute Gasteiger partial charge is 0.550 e. The first-order valence-corrected chi connectivity index (χ1v) is 10.0. The SMILES string of the molecule is CCOc1ccccc1N1CCN(C(=O)[C@H]2CC(C)=C(C)C[C@H]2C(=O)[O-])CC1. The molecule has 3 rings (SSSR count). The smallest absolute Gasteiger partial charge is 0.226 e. The number of aliphatic carboxylic acids is 1. The highest BCUT2D eigenvalue weighted by atomic mass is 16.5. The number of benzene rings is 1. The molecule has 0 unspecified atom stereocenters. The van der Waals surface area contributed by atoms with Gasteiger partial charge in [-0.1, -0.05) is 23.3 Å². The standard InChI is InChI=1S/C22H30N2O4/c1-4-28-20-8-6-5-7-19(20)23-9-11-24(12-10-23)21(25)17-13-15(2)16(3)14-18(17)22(26)27/h5-8,17-18H,4,9-14H2,1-3H3,(H,26,27)/p-1/t17-,18+/m0/s1. The van der Waals surface area contributed by atoms with Crippen LogP contribution in [-0.4, -0.2) is 49.6 Å². The third-order valence-electron chi connectivity index (χ3n) is 5.98. The molecule has 6 heteroatoms. The Bertz CT molecular complexity index is 766. The fourth-order valence-corrected chi connectivity index (χ4v) is 4.20. The Kier molecular flexibility index (Phi) is 6.27. The van der Waals surface area contributed by atoms with E-state index in [1.807, 2.05) is 49.9 Å². The zero-order chi connectivity index (χ0) is 20.3. The summed E-state index contributed by atoms with van der Waals surface area (Å²) in [6, 6.07) is 7.93. The molecule has 1 fully saturated rings. The van der Waals surface area contributed by atoms with Crippen LogP contribution in [0.5, 0.6) is 5.75 Å². The van der Waals surface area contributed by atoms with Crippen LogP contribution < -0.4 is 14.7 Å². The number of carbonyl (C=O) groups excluding carboxylic acids is 2. The molecule has 28 heavy (non-hydrogen) atoms. The van der Waals surface area contributed by atoms with Gasteiger partial charge in [0.05, 0.1) is 18.2 Å². The lowest BCUT2D eigenvalue weighted by Gasteiger charge is -2.40. The van der Waals surface area contributed by atoms with Crippen molar-refractivity contribution in [1.82, 2.24) is 4.90 Å². The van der Waals surface area contributed by atoms with Crippen molar-refractivity contribution in [2.75, 3.05) is 37.7 Å². The Morgan fingerprint density at radius 1 is 1.04 bits per heavy atom. The zero-order valence-corrected chi connectivity index (χ0v) is 16.9. The average molecular weight is 385 g/mol. The summed E-state index contributed by atoms with van der Waals surface area (Å²) in [4.78, 5) is 28.8. The Labute approximate surface area is 166 Å². The molecule has 1 aliphatic carbocycles. The van der Waals surface area contributed by atoms with Gasteiger partial charge in [-0.05, 0) is 45.7 Å². The van der Waals surface area contributed by atoms with Crippen molar-refractivity contribution in [3.63, 3.8) is 0 Å². The van der Waals surface area contributed by atoms with Crippen LogP contribution in [0.3, 0.4) is 0 Å². The molecule has 1 amide bonds. The van der Waals surface area contributed by atoms with Crippen LogP contribution in [0.1, 0.15) is 33.6 Å². The number of nitrogens with zero attached hydrogens (tertiary/aromatic N) is 2. The molecule has 6 nitrogen and oxygen atoms in total. The molecule has 1 saturated heterocycles. The molecule has 1 aromatic carbocycles. The first-order valence-electron chi connectivity index (χ1n) is 10.0. The third kappa shape index (κ3) is 4.16. The van der Waals surface area contributed by atoms with Crippen LogP contribution in [0, 0.1) is 11.8 Å². The average Bonchev–Trinajstić information content (AvgIpc) is 2.70. The number of allylic oxidation sites excluding steroid dienone is 2. The van der Waals surface area contributed by atoms with Gasteiger partial charge in [0.25, 0.3) is 0 Å². The van der Waals surface area contributed by atoms with Crippen molar-refractivity contribution in [2.45, 2.75) is 33.6 Å². The minimum Gasteiger partial charge on any atom is -0.550 e. The van der Waals surface area contributed by atoms with E-state index in [2.05, 4.69) is 4.90 Å². The second-order valence-electron chi connectivity index (χ2n) is 7.71. The van der Waals surface area contributed by atoms with Gasteiger partial charge in [-0.2, -0.15) is 0 Å². The second kappa shape index (κ2) is 8.67. The van der Waals surface area contributed by atoms with Crippen molar-refractivity contribution < 1.29 is 19.4 Å². The minimum atomic E-state index is -1.12. The number of para-hydroxylation sites is 2. The molecule has 1 aliphatic heterocycles. The number of hydrogen-bond acceptors (Lipinski definition) is 5. The molecule has 0 saturated carbocycles. The van der Waals surface area contributed by atoms with Gasteiger partial charge in [-0.3, -0.25) is 4.79 Å². The number of anilines is 1. The Morgan fingerprint density at radius 3 is 2.25 bits per heavy atom. The highest BCUT2D eigenvalue weighted by Gasteiger charge is 2.37. The van der Waals surface area contributed by atoms with Crippen molar-refractivity contribution in [1.29, 1.82) is 0 Å². The fraction of sp³-hybridized carbons (Fsp3) is 0.545. The van der Waals surface area contributed by atoms with E-state index in [9.17, 15) is 14.7 Å². The van der Waals surface area contributed by atoms with E-state index in [4.69, 9.17) is 4.74 Å². The van der Waals surface area contributed by atoms with Crippen molar-refractivity contribution in [2.24, 2.45) is 11.8 Å². The van der Waals surface area contributed by atoms with E-state index in [0.717, 1.165) is 22.6 Å². The van der Waals surface area contributed by atoms with Crippen LogP contribution in [-0.2, 0) is 9.59 Å². The van der Waals surface area contributed by atoms with Crippen molar-refractivity contribution in [3.8, 4) is 5.75 Å². The van der Waals surface area contributed by atoms with Gasteiger partial charge in [0.15, 0.2) is 0 Å². The van der Waals surface area contributed by atoms with E-state index < -0.39 is 17.8 Å². The Morgan fingerprint density at radius 2 is 1.64 bits per heavy atom. The molecule has 2 atom stereocenters. The molecule has 0 N–H and O–H groups in total. The van der Waals surface area contributed by atoms with Gasteiger partial charge in [-0.25, -0.2) is 0 Å². The number of carboxylic acids is 1. The number of ether oxygens (including phenoxy) is 1. The summed E-state index contributed by atoms with van der Waals surface area (Å²) in [5.74, 6) is -1.57. The van der Waals surface area contributed by atoms with Crippen LogP contribution >= 0.6 is 0 Å². The molecule has 0 bridgehead atoms. The predicted octanol–water partition coefficient (Wildman–Crippen LogP) is 1.85. The minimum absolute atomic E-state index is 0.0567. The maximum absolute atomic E-state index is 13.1. The lowest BCUT2D eigenvalue weighted by atomic mass is 9.76. The molecule has 1 aromatic rings. The van der Waals surface area contributed by atoms with Gasteiger partial charge in [0.2, 0.25) is 5.91 Å². The summed E-state index contributed by atoms with van der Waals surface area (Å²) in [5, 5.41) is 11.6. The topological polar surface area (TPSA) is 72.9 Å². The molecule has 0 spiro atoms. The number of piperazine rings is 1. The Hall–Kier alpha value is -2.50. The first kappa shape index (κ1) is 20.2. The molecular formula is C22H29N2O4-. The molecule has 0 aromatic heterocycles. The number of carboxylic acid groups (broad SMARTS) is 1. The number of rotatable bonds is 5. The molecule has 1 heterocycles. The van der Waals surface area contributed by atoms with Gasteiger partial charge in [0.1, 0.15) is 5.75 Å². The first-order chi connectivity index (χ1) is 13.4. The summed E-state index contributed by atoms with van der Waals surface area (Å²) < 4.78 is 5.72. The summed E-state index contributed by atoms with van der Waals surface area (Å²) in [6.45, 7) is 9.06. The monoisotopic (exact) mass is 385 g/mol. The van der Waals surface area contributed by atoms with E-state index >= 15 is 0 Å². The highest BCUT2D eigenvalue weighted by Crippen LogP contribution is 2.35. The fourth-order valence-electron chi connectivity index (χ4n) is 4.20. The van der Waals surface area contributed by atoms with Crippen molar-refractivity contribution >= 4 is 17.6 Å². The van der Waals surface area contributed by atoms with Crippen molar-refractivity contribution in [3.05, 3.63) is 35.4 Å². The highest BCUT2D eigenvalue weighted by molar-refractivity contribution is 5.85. The molecule has 2 aliphatic rings. The van der Waals surface area contributed by atoms with E-state index in [1.54, 1.807) is 0 Å². The maximum atomic E-state index is 13.1. The van der Waals surface area contributed by atoms with Crippen LogP contribution in [0.2, 0.25) is 0 Å². The van der Waals surface area contributed by atoms with Gasteiger partial charge >= 0.3 is 0 Å². The van der Waals surface area contributed by atoms with Crippen LogP contribution in [0.4, 0.5) is 5.69 Å². The summed E-state index contributed by atoms with van der Waals surface area (Å²) >= 11 is 0. The van der Waals surface area contributed by atoms with E-state index in [1.165, 1.54) is 0 Å². The van der Waals surface area contributed by atoms with E-state index in [0.29, 0.717) is 45.6 Å². The normalized spacial score (nSPS) is 23.0. The van der Waals surface area contributed by atoms with E-state index in [-0.39, 0.29) is 5.91 Å². The lowest BCUT2D eigenvalue weighted by molar-refractivity contribution is -0.313. The molecule has 0 radical (unpaired) electrons. The van der Waals surface area contributed by atoms with Gasteiger partial charge in [0, 0.05) is 38.1 Å². The Balaban J connectivity index is 1.68. The molecular weight excluding hydrogens is 356 g/mol. The third-order valence-corrected chi connectivity index (χ3v) is 5.98. The maximum Gasteiger partial charge on any atom is 0.226 e. The quantitative estimate of drug-likeness (QED) is 0.723. The van der Waals surface area contributed by atoms with Gasteiger partial charge < -0.3 is 24.4 Å². The lowest BCUT2D eigenvalue weighted by Crippen LogP contribution is -2.53. The zero-order valence-electron chi connectivity index (χ0n) is 16.9. The number of amides is 1. The van der Waals surface area contributed by atoms with Crippen LogP contribution in [0.25, 0.3) is 0 Å². The molecule has 152 valence electrons. The van der Waals surface area contributed by atoms with Gasteiger partial charge in [-0.15, -0.1) is 0 Å². The predicted molar refractivity (Wildman–Crippen MR) is 106 cm³/mol. The second-order valence-corrected chi connectivity index (χ2v) is 7.71.